The third-order valence-electron chi connectivity index (χ3n) is 2.91. The van der Waals surface area contributed by atoms with Crippen molar-refractivity contribution in [2.45, 2.75) is 27.7 Å². The van der Waals surface area contributed by atoms with E-state index < -0.39 is 0 Å². The number of nitrogens with zero attached hydrogens (tertiary/aromatic N) is 3. The highest BCUT2D eigenvalue weighted by atomic mass is 16.2. The van der Waals surface area contributed by atoms with Gasteiger partial charge in [-0.25, -0.2) is 9.48 Å². The molecule has 0 radical (unpaired) electrons. The molecule has 3 aromatic rings. The van der Waals surface area contributed by atoms with E-state index >= 15 is 0 Å². The number of nitrogens with two attached hydrogens (primary N) is 1. The molecule has 2 amide bonds. The number of aromatic amines is 1. The number of aromatic nitrogens is 4. The molecule has 130 valence electrons. The number of H-pyrrole nitrogens is 1. The molecule has 0 bridgehead atoms. The molecule has 2 aromatic heterocycles. The van der Waals surface area contributed by atoms with Gasteiger partial charge in [0.2, 0.25) is 0 Å². The van der Waals surface area contributed by atoms with Gasteiger partial charge >= 0.3 is 6.03 Å². The highest BCUT2D eigenvalue weighted by Gasteiger charge is 2.11. The lowest BCUT2D eigenvalue weighted by Crippen LogP contribution is -2.24. The van der Waals surface area contributed by atoms with Crippen LogP contribution in [0.5, 0.6) is 0 Å². The van der Waals surface area contributed by atoms with Gasteiger partial charge in [-0.3, -0.25) is 5.10 Å². The number of amides is 2. The molecule has 3 rings (SSSR count). The van der Waals surface area contributed by atoms with Crippen molar-refractivity contribution in [1.29, 1.82) is 0 Å². The predicted molar refractivity (Wildman–Crippen MR) is 98.4 cm³/mol. The molecule has 0 spiro atoms. The van der Waals surface area contributed by atoms with Crippen LogP contribution in [0.1, 0.15) is 27.7 Å². The topological polar surface area (TPSA) is 114 Å². The molecule has 0 aliphatic carbocycles. The zero-order chi connectivity index (χ0) is 18.1. The van der Waals surface area contributed by atoms with Gasteiger partial charge < -0.3 is 16.4 Å². The largest absolute Gasteiger partial charge is 0.382 e. The summed E-state index contributed by atoms with van der Waals surface area (Å²) < 4.78 is 1.64. The number of carbonyl (C=O) groups excluding carboxylic acids is 1. The number of hydrogen-bond acceptors (Lipinski definition) is 4. The summed E-state index contributed by atoms with van der Waals surface area (Å²) in [6, 6.07) is 5.34. The van der Waals surface area contributed by atoms with Gasteiger partial charge in [0.05, 0.1) is 34.7 Å². The second-order valence-electron chi connectivity index (χ2n) is 4.19. The predicted octanol–water partition coefficient (Wildman–Crippen LogP) is 3.13. The van der Waals surface area contributed by atoms with E-state index in [1.54, 1.807) is 24.1 Å². The molecule has 0 saturated heterocycles. The van der Waals surface area contributed by atoms with E-state index in [0.29, 0.717) is 11.5 Å². The number of anilines is 2. The summed E-state index contributed by atoms with van der Waals surface area (Å²) in [6.07, 6.45) is 3.26. The van der Waals surface area contributed by atoms with E-state index in [-0.39, 0.29) is 6.03 Å². The number of carbonyl (C=O) groups is 1. The highest BCUT2D eigenvalue weighted by Crippen LogP contribution is 2.25. The lowest BCUT2D eigenvalue weighted by atomic mass is 10.2. The first-order valence-corrected chi connectivity index (χ1v) is 7.95. The second-order valence-corrected chi connectivity index (χ2v) is 4.19. The monoisotopic (exact) mass is 331 g/mol. The van der Waals surface area contributed by atoms with Gasteiger partial charge in [0.1, 0.15) is 0 Å². The van der Waals surface area contributed by atoms with Crippen molar-refractivity contribution in [1.82, 2.24) is 25.3 Å². The lowest BCUT2D eigenvalue weighted by molar-refractivity contribution is 0.254. The summed E-state index contributed by atoms with van der Waals surface area (Å²) in [4.78, 5) is 11.3. The quantitative estimate of drug-likeness (QED) is 0.577. The van der Waals surface area contributed by atoms with Crippen LogP contribution in [0.2, 0.25) is 0 Å². The SMILES string of the molecule is CC.CC.CNC(=O)Nc1cnn(-c2cccc3[nH]nc(N)c23)c1. The van der Waals surface area contributed by atoms with Crippen molar-refractivity contribution in [3.8, 4) is 5.69 Å². The highest BCUT2D eigenvalue weighted by molar-refractivity contribution is 5.96. The van der Waals surface area contributed by atoms with Crippen molar-refractivity contribution < 1.29 is 4.79 Å². The van der Waals surface area contributed by atoms with Crippen molar-refractivity contribution in [3.05, 3.63) is 30.6 Å². The number of urea groups is 1. The Kier molecular flexibility index (Phi) is 7.28. The maximum Gasteiger partial charge on any atom is 0.319 e. The zero-order valence-electron chi connectivity index (χ0n) is 14.7. The summed E-state index contributed by atoms with van der Waals surface area (Å²) in [5.74, 6) is 0.409. The lowest BCUT2D eigenvalue weighted by Gasteiger charge is -2.03. The second kappa shape index (κ2) is 9.19. The van der Waals surface area contributed by atoms with Crippen LogP contribution in [-0.2, 0) is 0 Å². The fourth-order valence-corrected chi connectivity index (χ4v) is 1.98. The van der Waals surface area contributed by atoms with E-state index in [9.17, 15) is 4.79 Å². The fraction of sp³-hybridized carbons (Fsp3) is 0.312. The van der Waals surface area contributed by atoms with Gasteiger partial charge in [-0.1, -0.05) is 33.8 Å². The van der Waals surface area contributed by atoms with Gasteiger partial charge in [-0.15, -0.1) is 0 Å². The number of hydrogen-bond donors (Lipinski definition) is 4. The Bertz CT molecular complexity index is 776. The average molecular weight is 331 g/mol. The first kappa shape index (κ1) is 19.0. The maximum absolute atomic E-state index is 11.3. The molecule has 0 atom stereocenters. The summed E-state index contributed by atoms with van der Waals surface area (Å²) in [6.45, 7) is 8.00. The summed E-state index contributed by atoms with van der Waals surface area (Å²) in [7, 11) is 1.55. The van der Waals surface area contributed by atoms with Gasteiger partial charge in [-0.05, 0) is 12.1 Å². The molecule has 0 aliphatic heterocycles. The van der Waals surface area contributed by atoms with Crippen LogP contribution < -0.4 is 16.4 Å². The first-order chi connectivity index (χ1) is 11.7. The van der Waals surface area contributed by atoms with Crippen molar-refractivity contribution in [3.63, 3.8) is 0 Å². The average Bonchev–Trinajstić information content (AvgIpc) is 3.25. The van der Waals surface area contributed by atoms with Crippen LogP contribution in [0.4, 0.5) is 16.3 Å². The molecular formula is C16H25N7O. The number of nitrogen functional groups attached to an aromatic ring is 1. The zero-order valence-corrected chi connectivity index (χ0v) is 14.7. The summed E-state index contributed by atoms with van der Waals surface area (Å²) >= 11 is 0. The van der Waals surface area contributed by atoms with Crippen LogP contribution in [0.15, 0.2) is 30.6 Å². The Morgan fingerprint density at radius 3 is 2.62 bits per heavy atom. The van der Waals surface area contributed by atoms with Gasteiger partial charge in [0, 0.05) is 7.05 Å². The van der Waals surface area contributed by atoms with E-state index in [1.165, 1.54) is 0 Å². The Morgan fingerprint density at radius 2 is 1.96 bits per heavy atom. The van der Waals surface area contributed by atoms with Crippen LogP contribution in [-0.4, -0.2) is 33.1 Å². The fourth-order valence-electron chi connectivity index (χ4n) is 1.98. The number of benzene rings is 1. The number of fused-ring (bicyclic) bond motifs is 1. The standard InChI is InChI=1S/C12H13N7O.2C2H6/c1-14-12(20)16-7-5-15-19(6-7)9-4-2-3-8-10(9)11(13)18-17-8;2*1-2/h2-6H,1H3,(H3,13,17,18)(H2,14,16,20);2*1-2H3. The summed E-state index contributed by atoms with van der Waals surface area (Å²) in [5.41, 5.74) is 8.07. The van der Waals surface area contributed by atoms with Gasteiger partial charge in [0.25, 0.3) is 0 Å². The Morgan fingerprint density at radius 1 is 1.25 bits per heavy atom. The molecule has 1 aromatic carbocycles. The molecule has 0 fully saturated rings. The molecule has 0 saturated carbocycles. The Hall–Kier alpha value is -3.03. The normalized spacial score (nSPS) is 9.38. The third-order valence-corrected chi connectivity index (χ3v) is 2.91. The van der Waals surface area contributed by atoms with Crippen molar-refractivity contribution >= 4 is 28.4 Å². The minimum atomic E-state index is -0.300. The van der Waals surface area contributed by atoms with Gasteiger partial charge in [-0.2, -0.15) is 10.2 Å². The van der Waals surface area contributed by atoms with Crippen LogP contribution >= 0.6 is 0 Å². The molecular weight excluding hydrogens is 306 g/mol. The number of nitrogens with one attached hydrogen (secondary N) is 3. The first-order valence-electron chi connectivity index (χ1n) is 7.95. The minimum absolute atomic E-state index is 0.300. The van der Waals surface area contributed by atoms with E-state index in [1.807, 2.05) is 45.9 Å². The van der Waals surface area contributed by atoms with Crippen LogP contribution in [0.3, 0.4) is 0 Å². The maximum atomic E-state index is 11.3. The Labute approximate surface area is 141 Å². The van der Waals surface area contributed by atoms with E-state index in [2.05, 4.69) is 25.9 Å². The number of rotatable bonds is 2. The van der Waals surface area contributed by atoms with Crippen LogP contribution in [0.25, 0.3) is 16.6 Å². The van der Waals surface area contributed by atoms with E-state index in [4.69, 9.17) is 5.73 Å². The van der Waals surface area contributed by atoms with Crippen LogP contribution in [0, 0.1) is 0 Å². The van der Waals surface area contributed by atoms with Gasteiger partial charge in [0.15, 0.2) is 5.82 Å². The van der Waals surface area contributed by atoms with Crippen molar-refractivity contribution in [2.75, 3.05) is 18.1 Å². The Balaban J connectivity index is 0.000000671. The summed E-state index contributed by atoms with van der Waals surface area (Å²) in [5, 5.41) is 17.0. The van der Waals surface area contributed by atoms with E-state index in [0.717, 1.165) is 16.6 Å². The third kappa shape index (κ3) is 4.03. The van der Waals surface area contributed by atoms with Crippen molar-refractivity contribution in [2.24, 2.45) is 0 Å². The molecule has 2 heterocycles. The minimum Gasteiger partial charge on any atom is -0.382 e. The molecule has 0 unspecified atom stereocenters. The molecule has 8 heteroatoms. The molecule has 5 N–H and O–H groups in total. The smallest absolute Gasteiger partial charge is 0.319 e. The molecule has 8 nitrogen and oxygen atoms in total. The molecule has 0 aliphatic rings. The molecule has 24 heavy (non-hydrogen) atoms.